The van der Waals surface area contributed by atoms with Crippen LogP contribution in [-0.2, 0) is 10.0 Å². The minimum absolute atomic E-state index is 0.127. The molecule has 0 spiro atoms. The van der Waals surface area contributed by atoms with Crippen molar-refractivity contribution in [2.45, 2.75) is 4.90 Å². The van der Waals surface area contributed by atoms with Crippen molar-refractivity contribution in [3.63, 3.8) is 0 Å². The lowest BCUT2D eigenvalue weighted by Crippen LogP contribution is -2.34. The van der Waals surface area contributed by atoms with E-state index in [1.54, 1.807) is 0 Å². The first-order valence-corrected chi connectivity index (χ1v) is 7.03. The first-order chi connectivity index (χ1) is 9.34. The van der Waals surface area contributed by atoms with Gasteiger partial charge in [-0.2, -0.15) is 4.31 Å². The van der Waals surface area contributed by atoms with E-state index in [1.165, 1.54) is 6.08 Å². The van der Waals surface area contributed by atoms with Crippen molar-refractivity contribution >= 4 is 16.0 Å². The summed E-state index contributed by atoms with van der Waals surface area (Å²) in [6.07, 6.45) is 1.28. The third-order valence-electron chi connectivity index (χ3n) is 2.47. The van der Waals surface area contributed by atoms with Crippen molar-refractivity contribution in [1.82, 2.24) is 4.31 Å². The first kappa shape index (κ1) is 16.3. The fourth-order valence-corrected chi connectivity index (χ4v) is 3.19. The van der Waals surface area contributed by atoms with Gasteiger partial charge in [0.2, 0.25) is 10.0 Å². The average Bonchev–Trinajstić information content (AvgIpc) is 2.38. The van der Waals surface area contributed by atoms with E-state index in [9.17, 15) is 17.6 Å². The Morgan fingerprint density at radius 3 is 2.60 bits per heavy atom. The molecule has 0 unspecified atom stereocenters. The van der Waals surface area contributed by atoms with Crippen LogP contribution in [-0.4, -0.2) is 48.6 Å². The molecule has 0 aliphatic heterocycles. The maximum Gasteiger partial charge on any atom is 0.337 e. The molecule has 0 saturated heterocycles. The summed E-state index contributed by atoms with van der Waals surface area (Å²) in [7, 11) is -4.24. The minimum atomic E-state index is -4.24. The fraction of sp³-hybridized carbons (Fsp3) is 0.250. The number of aliphatic hydroxyl groups is 1. The number of nitrogens with zero attached hydrogens (tertiary/aromatic N) is 1. The zero-order valence-corrected chi connectivity index (χ0v) is 11.3. The summed E-state index contributed by atoms with van der Waals surface area (Å²) in [5, 5.41) is 17.9. The quantitative estimate of drug-likeness (QED) is 0.723. The van der Waals surface area contributed by atoms with E-state index < -0.39 is 38.9 Å². The summed E-state index contributed by atoms with van der Waals surface area (Å²) in [6, 6.07) is 2.40. The Labute approximate surface area is 115 Å². The van der Waals surface area contributed by atoms with Crippen LogP contribution in [0, 0.1) is 5.82 Å². The van der Waals surface area contributed by atoms with Gasteiger partial charge in [-0.25, -0.2) is 17.6 Å². The van der Waals surface area contributed by atoms with Gasteiger partial charge >= 0.3 is 5.97 Å². The van der Waals surface area contributed by atoms with Gasteiger partial charge in [0.15, 0.2) is 0 Å². The molecule has 0 heterocycles. The topological polar surface area (TPSA) is 94.9 Å². The summed E-state index contributed by atoms with van der Waals surface area (Å²) in [5.41, 5.74) is -0.529. The van der Waals surface area contributed by atoms with Crippen LogP contribution in [0.4, 0.5) is 4.39 Å². The van der Waals surface area contributed by atoms with Crippen LogP contribution >= 0.6 is 0 Å². The van der Waals surface area contributed by atoms with Gasteiger partial charge in [0, 0.05) is 13.1 Å². The summed E-state index contributed by atoms with van der Waals surface area (Å²) in [4.78, 5) is 10.4. The maximum absolute atomic E-state index is 13.2. The maximum atomic E-state index is 13.2. The van der Waals surface area contributed by atoms with E-state index in [0.717, 1.165) is 16.4 Å². The largest absolute Gasteiger partial charge is 0.478 e. The SMILES string of the molecule is C=CCN(CCO)S(=O)(=O)c1cc(F)ccc1C(=O)O. The number of hydrogen-bond acceptors (Lipinski definition) is 4. The molecular weight excluding hydrogens is 289 g/mol. The lowest BCUT2D eigenvalue weighted by molar-refractivity contribution is 0.0692. The Balaban J connectivity index is 3.42. The molecule has 0 amide bonds. The molecule has 1 aromatic carbocycles. The molecule has 0 radical (unpaired) electrons. The lowest BCUT2D eigenvalue weighted by Gasteiger charge is -2.20. The highest BCUT2D eigenvalue weighted by Gasteiger charge is 2.28. The number of benzene rings is 1. The number of halogens is 1. The van der Waals surface area contributed by atoms with Crippen molar-refractivity contribution in [2.75, 3.05) is 19.7 Å². The number of carboxylic acid groups (broad SMARTS) is 1. The van der Waals surface area contributed by atoms with Crippen molar-refractivity contribution in [2.24, 2.45) is 0 Å². The van der Waals surface area contributed by atoms with Crippen molar-refractivity contribution in [1.29, 1.82) is 0 Å². The van der Waals surface area contributed by atoms with Gasteiger partial charge in [-0.1, -0.05) is 6.08 Å². The molecular formula is C12H14FNO5S. The Morgan fingerprint density at radius 1 is 1.45 bits per heavy atom. The fourth-order valence-electron chi connectivity index (χ4n) is 1.59. The molecule has 2 N–H and O–H groups in total. The van der Waals surface area contributed by atoms with Gasteiger partial charge in [-0.15, -0.1) is 6.58 Å². The first-order valence-electron chi connectivity index (χ1n) is 5.59. The molecule has 0 aromatic heterocycles. The van der Waals surface area contributed by atoms with Crippen molar-refractivity contribution < 1.29 is 27.8 Å². The smallest absolute Gasteiger partial charge is 0.337 e. The molecule has 110 valence electrons. The molecule has 1 rings (SSSR count). The number of rotatable bonds is 7. The van der Waals surface area contributed by atoms with Gasteiger partial charge in [-0.05, 0) is 18.2 Å². The van der Waals surface area contributed by atoms with E-state index in [-0.39, 0.29) is 13.1 Å². The highest BCUT2D eigenvalue weighted by Crippen LogP contribution is 2.21. The predicted molar refractivity (Wildman–Crippen MR) is 69.4 cm³/mol. The minimum Gasteiger partial charge on any atom is -0.478 e. The monoisotopic (exact) mass is 303 g/mol. The lowest BCUT2D eigenvalue weighted by atomic mass is 10.2. The van der Waals surface area contributed by atoms with Crippen LogP contribution in [0.2, 0.25) is 0 Å². The van der Waals surface area contributed by atoms with E-state index in [2.05, 4.69) is 6.58 Å². The molecule has 0 fully saturated rings. The standard InChI is InChI=1S/C12H14FNO5S/c1-2-5-14(6-7-15)20(18,19)11-8-9(13)3-4-10(11)12(16)17/h2-4,8,15H,1,5-7H2,(H,16,17). The van der Waals surface area contributed by atoms with Gasteiger partial charge < -0.3 is 10.2 Å². The highest BCUT2D eigenvalue weighted by atomic mass is 32.2. The van der Waals surface area contributed by atoms with Gasteiger partial charge in [0.05, 0.1) is 17.1 Å². The van der Waals surface area contributed by atoms with Crippen LogP contribution in [0.15, 0.2) is 35.7 Å². The summed E-state index contributed by atoms with van der Waals surface area (Å²) in [5.74, 6) is -2.35. The number of sulfonamides is 1. The average molecular weight is 303 g/mol. The molecule has 0 aliphatic carbocycles. The van der Waals surface area contributed by atoms with E-state index in [0.29, 0.717) is 6.07 Å². The van der Waals surface area contributed by atoms with E-state index in [1.807, 2.05) is 0 Å². The van der Waals surface area contributed by atoms with Gasteiger partial charge in [0.1, 0.15) is 5.82 Å². The number of carbonyl (C=O) groups is 1. The molecule has 0 bridgehead atoms. The van der Waals surface area contributed by atoms with Crippen LogP contribution in [0.25, 0.3) is 0 Å². The van der Waals surface area contributed by atoms with Crippen molar-refractivity contribution in [3.8, 4) is 0 Å². The summed E-state index contributed by atoms with van der Waals surface area (Å²) < 4.78 is 38.7. The number of carboxylic acids is 1. The van der Waals surface area contributed by atoms with Crippen LogP contribution in [0.5, 0.6) is 0 Å². The molecule has 0 aliphatic rings. The second-order valence-corrected chi connectivity index (χ2v) is 5.73. The molecule has 8 heteroatoms. The Morgan fingerprint density at radius 2 is 2.10 bits per heavy atom. The predicted octanol–water partition coefficient (Wildman–Crippen LogP) is 0.693. The van der Waals surface area contributed by atoms with Gasteiger partial charge in [-0.3, -0.25) is 0 Å². The summed E-state index contributed by atoms with van der Waals surface area (Å²) in [6.45, 7) is 2.56. The number of hydrogen-bond donors (Lipinski definition) is 2. The van der Waals surface area contributed by atoms with E-state index in [4.69, 9.17) is 10.2 Å². The Bertz CT molecular complexity index is 614. The summed E-state index contributed by atoms with van der Waals surface area (Å²) >= 11 is 0. The normalized spacial score (nSPS) is 11.6. The number of aromatic carboxylic acids is 1. The van der Waals surface area contributed by atoms with Crippen LogP contribution in [0.1, 0.15) is 10.4 Å². The molecule has 1 aromatic rings. The molecule has 20 heavy (non-hydrogen) atoms. The van der Waals surface area contributed by atoms with Gasteiger partial charge in [0.25, 0.3) is 0 Å². The number of aliphatic hydroxyl groups excluding tert-OH is 1. The van der Waals surface area contributed by atoms with Crippen molar-refractivity contribution in [3.05, 3.63) is 42.2 Å². The third kappa shape index (κ3) is 3.41. The zero-order valence-electron chi connectivity index (χ0n) is 10.5. The second-order valence-electron chi connectivity index (χ2n) is 3.82. The second kappa shape index (κ2) is 6.60. The van der Waals surface area contributed by atoms with E-state index >= 15 is 0 Å². The zero-order chi connectivity index (χ0) is 15.3. The molecule has 0 atom stereocenters. The molecule has 6 nitrogen and oxygen atoms in total. The molecule has 0 saturated carbocycles. The van der Waals surface area contributed by atoms with Crippen LogP contribution in [0.3, 0.4) is 0 Å². The highest BCUT2D eigenvalue weighted by molar-refractivity contribution is 7.89. The third-order valence-corrected chi connectivity index (χ3v) is 4.38. The van der Waals surface area contributed by atoms with Crippen LogP contribution < -0.4 is 0 Å². The Hall–Kier alpha value is -1.77. The Kier molecular flexibility index (Phi) is 5.37.